The van der Waals surface area contributed by atoms with Crippen LogP contribution in [0, 0.1) is 12.3 Å². The molecule has 1 N–H and O–H groups in total. The molecule has 0 spiro atoms. The summed E-state index contributed by atoms with van der Waals surface area (Å²) in [5, 5.41) is 0.966. The number of piperidine rings is 1. The van der Waals surface area contributed by atoms with E-state index in [1.807, 2.05) is 18.2 Å². The second-order valence-corrected chi connectivity index (χ2v) is 7.07. The molecule has 5 heteroatoms. The zero-order valence-corrected chi connectivity index (χ0v) is 14.9. The van der Waals surface area contributed by atoms with Crippen LogP contribution in [0.2, 0.25) is 0 Å². The predicted octanol–water partition coefficient (Wildman–Crippen LogP) is 3.28. The highest BCUT2D eigenvalue weighted by molar-refractivity contribution is 9.10. The number of nitrogens with one attached hydrogen (secondary N) is 1. The number of rotatable bonds is 2. The van der Waals surface area contributed by atoms with Gasteiger partial charge in [0.15, 0.2) is 0 Å². The number of ether oxygens (including phenoxy) is 1. The van der Waals surface area contributed by atoms with Crippen LogP contribution in [0.4, 0.5) is 5.69 Å². The largest absolute Gasteiger partial charge is 0.378 e. The maximum absolute atomic E-state index is 12.3. The van der Waals surface area contributed by atoms with Crippen molar-refractivity contribution in [3.8, 4) is 12.3 Å². The van der Waals surface area contributed by atoms with Crippen molar-refractivity contribution >= 4 is 32.5 Å². The van der Waals surface area contributed by atoms with Crippen molar-refractivity contribution in [1.29, 1.82) is 0 Å². The van der Waals surface area contributed by atoms with E-state index in [0.717, 1.165) is 47.0 Å². The van der Waals surface area contributed by atoms with Crippen molar-refractivity contribution in [1.82, 2.24) is 4.98 Å². The van der Waals surface area contributed by atoms with Crippen LogP contribution in [-0.2, 0) is 4.74 Å². The molecule has 1 aliphatic heterocycles. The molecule has 1 fully saturated rings. The lowest BCUT2D eigenvalue weighted by Gasteiger charge is -2.40. The standard InChI is InChI=1S/C18H19BrN2O2/c1-4-13-16(21-9-7-18(2,23-3)8-10-21)14-11-12(19)5-6-15(14)20-17(13)22/h1,5-6,11H,7-10H2,2-3H3,(H,20,22). The molecule has 0 radical (unpaired) electrons. The summed E-state index contributed by atoms with van der Waals surface area (Å²) in [5.41, 5.74) is 1.73. The Balaban J connectivity index is 2.14. The molecule has 2 aromatic rings. The van der Waals surface area contributed by atoms with Crippen molar-refractivity contribution in [3.63, 3.8) is 0 Å². The topological polar surface area (TPSA) is 45.3 Å². The van der Waals surface area contributed by atoms with E-state index in [9.17, 15) is 4.79 Å². The Labute approximate surface area is 144 Å². The predicted molar refractivity (Wildman–Crippen MR) is 97.1 cm³/mol. The molecule has 1 aromatic heterocycles. The van der Waals surface area contributed by atoms with Gasteiger partial charge < -0.3 is 14.6 Å². The van der Waals surface area contributed by atoms with Crippen molar-refractivity contribution in [3.05, 3.63) is 38.6 Å². The molecule has 0 aliphatic carbocycles. The van der Waals surface area contributed by atoms with Crippen LogP contribution < -0.4 is 10.5 Å². The lowest BCUT2D eigenvalue weighted by Crippen LogP contribution is -2.44. The maximum atomic E-state index is 12.3. The summed E-state index contributed by atoms with van der Waals surface area (Å²) >= 11 is 3.50. The van der Waals surface area contributed by atoms with Crippen molar-refractivity contribution in [2.45, 2.75) is 25.4 Å². The van der Waals surface area contributed by atoms with Gasteiger partial charge in [-0.15, -0.1) is 6.42 Å². The first-order valence-corrected chi connectivity index (χ1v) is 8.39. The summed E-state index contributed by atoms with van der Waals surface area (Å²) in [4.78, 5) is 17.4. The molecule has 0 amide bonds. The monoisotopic (exact) mass is 374 g/mol. The van der Waals surface area contributed by atoms with Gasteiger partial charge in [0.2, 0.25) is 0 Å². The van der Waals surface area contributed by atoms with Gasteiger partial charge in [-0.05, 0) is 38.0 Å². The number of terminal acetylenes is 1. The summed E-state index contributed by atoms with van der Waals surface area (Å²) in [7, 11) is 1.75. The summed E-state index contributed by atoms with van der Waals surface area (Å²) in [5.74, 6) is 2.58. The fraction of sp³-hybridized carbons (Fsp3) is 0.389. The molecular weight excluding hydrogens is 356 g/mol. The van der Waals surface area contributed by atoms with E-state index in [4.69, 9.17) is 11.2 Å². The molecule has 0 bridgehead atoms. The average molecular weight is 375 g/mol. The third-order valence-electron chi connectivity index (χ3n) is 4.72. The number of methoxy groups -OCH3 is 1. The number of hydrogen-bond acceptors (Lipinski definition) is 3. The molecule has 4 nitrogen and oxygen atoms in total. The molecule has 0 atom stereocenters. The Bertz CT molecular complexity index is 842. The average Bonchev–Trinajstić information content (AvgIpc) is 2.55. The normalized spacial score (nSPS) is 17.2. The second kappa shape index (κ2) is 6.03. The van der Waals surface area contributed by atoms with E-state index in [-0.39, 0.29) is 11.2 Å². The third kappa shape index (κ3) is 2.89. The Morgan fingerprint density at radius 2 is 2.09 bits per heavy atom. The lowest BCUT2D eigenvalue weighted by atomic mass is 9.92. The summed E-state index contributed by atoms with van der Waals surface area (Å²) < 4.78 is 6.57. The zero-order chi connectivity index (χ0) is 16.6. The Hall–Kier alpha value is -1.77. The molecule has 1 saturated heterocycles. The van der Waals surface area contributed by atoms with E-state index < -0.39 is 0 Å². The van der Waals surface area contributed by atoms with Crippen LogP contribution in [0.15, 0.2) is 27.5 Å². The summed E-state index contributed by atoms with van der Waals surface area (Å²) in [6, 6.07) is 5.81. The quantitative estimate of drug-likeness (QED) is 0.820. The van der Waals surface area contributed by atoms with Crippen LogP contribution in [0.25, 0.3) is 10.9 Å². The van der Waals surface area contributed by atoms with Crippen LogP contribution in [0.3, 0.4) is 0 Å². The van der Waals surface area contributed by atoms with E-state index in [1.165, 1.54) is 0 Å². The van der Waals surface area contributed by atoms with Crippen molar-refractivity contribution in [2.24, 2.45) is 0 Å². The Morgan fingerprint density at radius 1 is 1.39 bits per heavy atom. The van der Waals surface area contributed by atoms with E-state index in [1.54, 1.807) is 7.11 Å². The van der Waals surface area contributed by atoms with Crippen LogP contribution in [0.1, 0.15) is 25.3 Å². The number of aromatic nitrogens is 1. The fourth-order valence-electron chi connectivity index (χ4n) is 3.12. The zero-order valence-electron chi connectivity index (χ0n) is 13.3. The van der Waals surface area contributed by atoms with Crippen LogP contribution >= 0.6 is 15.9 Å². The number of halogens is 1. The summed E-state index contributed by atoms with van der Waals surface area (Å²) in [6.07, 6.45) is 7.43. The highest BCUT2D eigenvalue weighted by Gasteiger charge is 2.31. The van der Waals surface area contributed by atoms with Gasteiger partial charge in [0.1, 0.15) is 5.56 Å². The number of nitrogens with zero attached hydrogens (tertiary/aromatic N) is 1. The highest BCUT2D eigenvalue weighted by atomic mass is 79.9. The Kier molecular flexibility index (Phi) is 4.22. The number of benzene rings is 1. The fourth-order valence-corrected chi connectivity index (χ4v) is 3.48. The molecule has 3 rings (SSSR count). The van der Waals surface area contributed by atoms with Gasteiger partial charge in [-0.25, -0.2) is 0 Å². The van der Waals surface area contributed by atoms with Crippen LogP contribution in [-0.4, -0.2) is 30.8 Å². The highest BCUT2D eigenvalue weighted by Crippen LogP contribution is 2.34. The summed E-state index contributed by atoms with van der Waals surface area (Å²) in [6.45, 7) is 3.74. The molecule has 23 heavy (non-hydrogen) atoms. The van der Waals surface area contributed by atoms with Gasteiger partial charge >= 0.3 is 0 Å². The molecule has 1 aliphatic rings. The number of H-pyrrole nitrogens is 1. The molecule has 120 valence electrons. The van der Waals surface area contributed by atoms with Gasteiger partial charge in [-0.1, -0.05) is 21.9 Å². The molecule has 1 aromatic carbocycles. The first kappa shape index (κ1) is 16.1. The number of hydrogen-bond donors (Lipinski definition) is 1. The number of aromatic amines is 1. The lowest BCUT2D eigenvalue weighted by molar-refractivity contribution is -0.0132. The van der Waals surface area contributed by atoms with Gasteiger partial charge in [-0.2, -0.15) is 0 Å². The van der Waals surface area contributed by atoms with Gasteiger partial charge in [0, 0.05) is 30.1 Å². The van der Waals surface area contributed by atoms with Gasteiger partial charge in [0.05, 0.1) is 16.8 Å². The number of pyridine rings is 1. The van der Waals surface area contributed by atoms with Gasteiger partial charge in [0.25, 0.3) is 5.56 Å². The first-order valence-electron chi connectivity index (χ1n) is 7.60. The maximum Gasteiger partial charge on any atom is 0.266 e. The van der Waals surface area contributed by atoms with Gasteiger partial charge in [-0.3, -0.25) is 4.79 Å². The SMILES string of the molecule is C#Cc1c(N2CCC(C)(OC)CC2)c2cc(Br)ccc2[nH]c1=O. The minimum Gasteiger partial charge on any atom is -0.378 e. The third-order valence-corrected chi connectivity index (χ3v) is 5.22. The molecular formula is C18H19BrN2O2. The molecule has 0 unspecified atom stereocenters. The smallest absolute Gasteiger partial charge is 0.266 e. The minimum atomic E-state index is -0.211. The van der Waals surface area contributed by atoms with E-state index in [0.29, 0.717) is 5.56 Å². The molecule has 2 heterocycles. The Morgan fingerprint density at radius 3 is 2.70 bits per heavy atom. The molecule has 0 saturated carbocycles. The van der Waals surface area contributed by atoms with Crippen molar-refractivity contribution in [2.75, 3.05) is 25.1 Å². The first-order chi connectivity index (χ1) is 11.0. The van der Waals surface area contributed by atoms with Crippen molar-refractivity contribution < 1.29 is 4.74 Å². The number of anilines is 1. The second-order valence-electron chi connectivity index (χ2n) is 6.15. The van der Waals surface area contributed by atoms with E-state index in [2.05, 4.69) is 38.7 Å². The van der Waals surface area contributed by atoms with Crippen LogP contribution in [0.5, 0.6) is 0 Å². The van der Waals surface area contributed by atoms with E-state index >= 15 is 0 Å². The number of fused-ring (bicyclic) bond motifs is 1. The minimum absolute atomic E-state index is 0.107.